The summed E-state index contributed by atoms with van der Waals surface area (Å²) in [6.45, 7) is 0.543. The molecule has 0 spiro atoms. The number of H-pyrrole nitrogens is 1. The largest absolute Gasteiger partial charge is 0.367 e. The molecule has 0 aliphatic rings. The lowest BCUT2D eigenvalue weighted by atomic mass is 10.2. The van der Waals surface area contributed by atoms with Crippen molar-refractivity contribution in [1.29, 1.82) is 0 Å². The van der Waals surface area contributed by atoms with Gasteiger partial charge in [0.2, 0.25) is 5.91 Å². The number of amides is 1. The second-order valence-corrected chi connectivity index (χ2v) is 3.68. The molecule has 2 rings (SSSR count). The van der Waals surface area contributed by atoms with E-state index in [-0.39, 0.29) is 5.91 Å². The average Bonchev–Trinajstić information content (AvgIpc) is 2.88. The highest BCUT2D eigenvalue weighted by atomic mass is 16.1. The van der Waals surface area contributed by atoms with E-state index < -0.39 is 0 Å². The lowest BCUT2D eigenvalue weighted by molar-refractivity contribution is -0.116. The molecule has 0 bridgehead atoms. The van der Waals surface area contributed by atoms with Crippen LogP contribution >= 0.6 is 0 Å². The summed E-state index contributed by atoms with van der Waals surface area (Å²) in [6.07, 6.45) is 7.04. The van der Waals surface area contributed by atoms with Crippen LogP contribution in [0, 0.1) is 0 Å². The van der Waals surface area contributed by atoms with Crippen LogP contribution in [0.1, 0.15) is 11.1 Å². The molecule has 3 nitrogen and oxygen atoms in total. The van der Waals surface area contributed by atoms with Gasteiger partial charge in [0.05, 0.1) is 0 Å². The van der Waals surface area contributed by atoms with Crippen molar-refractivity contribution >= 4 is 12.0 Å². The molecular formula is C14H14N2O. The van der Waals surface area contributed by atoms with Crippen molar-refractivity contribution in [3.05, 3.63) is 66.0 Å². The number of hydrogen-bond donors (Lipinski definition) is 2. The van der Waals surface area contributed by atoms with E-state index in [1.165, 1.54) is 0 Å². The van der Waals surface area contributed by atoms with E-state index >= 15 is 0 Å². The highest BCUT2D eigenvalue weighted by molar-refractivity contribution is 5.91. The van der Waals surface area contributed by atoms with E-state index in [1.54, 1.807) is 12.2 Å². The number of aromatic amines is 1. The van der Waals surface area contributed by atoms with E-state index in [1.807, 2.05) is 48.8 Å². The van der Waals surface area contributed by atoms with Crippen LogP contribution in [-0.4, -0.2) is 10.9 Å². The van der Waals surface area contributed by atoms with Crippen molar-refractivity contribution in [3.8, 4) is 0 Å². The van der Waals surface area contributed by atoms with Crippen molar-refractivity contribution < 1.29 is 4.79 Å². The quantitative estimate of drug-likeness (QED) is 0.772. The normalized spacial score (nSPS) is 10.6. The zero-order chi connectivity index (χ0) is 11.9. The van der Waals surface area contributed by atoms with Gasteiger partial charge in [-0.15, -0.1) is 0 Å². The molecule has 2 N–H and O–H groups in total. The molecule has 0 aliphatic heterocycles. The molecule has 0 saturated heterocycles. The van der Waals surface area contributed by atoms with E-state index in [0.717, 1.165) is 11.1 Å². The van der Waals surface area contributed by atoms with Gasteiger partial charge in [0.15, 0.2) is 0 Å². The van der Waals surface area contributed by atoms with Crippen molar-refractivity contribution in [3.63, 3.8) is 0 Å². The van der Waals surface area contributed by atoms with Gasteiger partial charge in [0.25, 0.3) is 0 Å². The van der Waals surface area contributed by atoms with Crippen LogP contribution in [0.5, 0.6) is 0 Å². The second kappa shape index (κ2) is 5.70. The van der Waals surface area contributed by atoms with E-state index in [0.29, 0.717) is 6.54 Å². The number of aromatic nitrogens is 1. The summed E-state index contributed by atoms with van der Waals surface area (Å²) in [5.41, 5.74) is 2.08. The summed E-state index contributed by atoms with van der Waals surface area (Å²) in [5.74, 6) is -0.0879. The van der Waals surface area contributed by atoms with Gasteiger partial charge in [-0.1, -0.05) is 30.3 Å². The Labute approximate surface area is 100 Å². The Kier molecular flexibility index (Phi) is 3.76. The lowest BCUT2D eigenvalue weighted by Crippen LogP contribution is -2.19. The topological polar surface area (TPSA) is 44.9 Å². The second-order valence-electron chi connectivity index (χ2n) is 3.68. The summed E-state index contributed by atoms with van der Waals surface area (Å²) in [7, 11) is 0. The molecule has 0 unspecified atom stereocenters. The molecule has 1 heterocycles. The standard InChI is InChI=1S/C14H14N2O/c17-14(16-11-13-8-9-15-10-13)7-6-12-4-2-1-3-5-12/h1-10,15H,11H2,(H,16,17)/b7-6+. The van der Waals surface area contributed by atoms with Crippen LogP contribution in [0.25, 0.3) is 6.08 Å². The molecule has 1 aromatic heterocycles. The summed E-state index contributed by atoms with van der Waals surface area (Å²) in [5, 5.41) is 2.81. The molecule has 3 heteroatoms. The molecule has 86 valence electrons. The molecule has 1 amide bonds. The van der Waals surface area contributed by atoms with Crippen LogP contribution < -0.4 is 5.32 Å². The SMILES string of the molecule is O=C(/C=C/c1ccccc1)NCc1cc[nH]c1. The number of rotatable bonds is 4. The minimum atomic E-state index is -0.0879. The minimum Gasteiger partial charge on any atom is -0.367 e. The number of nitrogens with one attached hydrogen (secondary N) is 2. The maximum atomic E-state index is 11.5. The van der Waals surface area contributed by atoms with Gasteiger partial charge in [0.1, 0.15) is 0 Å². The maximum absolute atomic E-state index is 11.5. The number of hydrogen-bond acceptors (Lipinski definition) is 1. The predicted molar refractivity (Wildman–Crippen MR) is 68.1 cm³/mol. The van der Waals surface area contributed by atoms with Crippen LogP contribution in [0.15, 0.2) is 54.9 Å². The fourth-order valence-electron chi connectivity index (χ4n) is 1.45. The van der Waals surface area contributed by atoms with Crippen LogP contribution in [0.2, 0.25) is 0 Å². The summed E-state index contributed by atoms with van der Waals surface area (Å²) in [4.78, 5) is 14.4. The Morgan fingerprint density at radius 3 is 2.76 bits per heavy atom. The molecule has 0 atom stereocenters. The predicted octanol–water partition coefficient (Wildman–Crippen LogP) is 2.34. The van der Waals surface area contributed by atoms with Crippen LogP contribution in [0.3, 0.4) is 0 Å². The minimum absolute atomic E-state index is 0.0879. The van der Waals surface area contributed by atoms with Gasteiger partial charge in [0, 0.05) is 25.0 Å². The Hall–Kier alpha value is -2.29. The molecule has 0 aliphatic carbocycles. The molecular weight excluding hydrogens is 212 g/mol. The van der Waals surface area contributed by atoms with Crippen LogP contribution in [-0.2, 0) is 11.3 Å². The first kappa shape index (κ1) is 11.2. The molecule has 17 heavy (non-hydrogen) atoms. The van der Waals surface area contributed by atoms with Gasteiger partial charge in [-0.05, 0) is 23.3 Å². The van der Waals surface area contributed by atoms with Crippen LogP contribution in [0.4, 0.5) is 0 Å². The zero-order valence-corrected chi connectivity index (χ0v) is 9.39. The van der Waals surface area contributed by atoms with E-state index in [2.05, 4.69) is 10.3 Å². The number of benzene rings is 1. The first-order valence-electron chi connectivity index (χ1n) is 5.47. The number of carbonyl (C=O) groups excluding carboxylic acids is 1. The molecule has 2 aromatic rings. The van der Waals surface area contributed by atoms with E-state index in [4.69, 9.17) is 0 Å². The van der Waals surface area contributed by atoms with Gasteiger partial charge < -0.3 is 10.3 Å². The third-order valence-electron chi connectivity index (χ3n) is 2.36. The van der Waals surface area contributed by atoms with Crippen molar-refractivity contribution in [2.45, 2.75) is 6.54 Å². The van der Waals surface area contributed by atoms with Gasteiger partial charge in [-0.25, -0.2) is 0 Å². The lowest BCUT2D eigenvalue weighted by Gasteiger charge is -1.98. The average molecular weight is 226 g/mol. The van der Waals surface area contributed by atoms with Gasteiger partial charge >= 0.3 is 0 Å². The smallest absolute Gasteiger partial charge is 0.244 e. The van der Waals surface area contributed by atoms with Gasteiger partial charge in [-0.3, -0.25) is 4.79 Å². The molecule has 0 saturated carbocycles. The monoisotopic (exact) mass is 226 g/mol. The fourth-order valence-corrected chi connectivity index (χ4v) is 1.45. The fraction of sp³-hybridized carbons (Fsp3) is 0.0714. The summed E-state index contributed by atoms with van der Waals surface area (Å²) in [6, 6.07) is 11.7. The third-order valence-corrected chi connectivity index (χ3v) is 2.36. The molecule has 1 aromatic carbocycles. The Morgan fingerprint density at radius 1 is 1.24 bits per heavy atom. The maximum Gasteiger partial charge on any atom is 0.244 e. The van der Waals surface area contributed by atoms with Crippen molar-refractivity contribution in [2.75, 3.05) is 0 Å². The Morgan fingerprint density at radius 2 is 2.06 bits per heavy atom. The highest BCUT2D eigenvalue weighted by Crippen LogP contribution is 2.00. The first-order chi connectivity index (χ1) is 8.34. The van der Waals surface area contributed by atoms with E-state index in [9.17, 15) is 4.79 Å². The highest BCUT2D eigenvalue weighted by Gasteiger charge is 1.96. The van der Waals surface area contributed by atoms with Crippen molar-refractivity contribution in [1.82, 2.24) is 10.3 Å². The molecule has 0 radical (unpaired) electrons. The third kappa shape index (κ3) is 3.65. The Balaban J connectivity index is 1.83. The Bertz CT molecular complexity index is 486. The van der Waals surface area contributed by atoms with Gasteiger partial charge in [-0.2, -0.15) is 0 Å². The summed E-state index contributed by atoms with van der Waals surface area (Å²) >= 11 is 0. The first-order valence-corrected chi connectivity index (χ1v) is 5.47. The zero-order valence-electron chi connectivity index (χ0n) is 9.39. The summed E-state index contributed by atoms with van der Waals surface area (Å²) < 4.78 is 0. The van der Waals surface area contributed by atoms with Crippen molar-refractivity contribution in [2.24, 2.45) is 0 Å². The molecule has 0 fully saturated rings. The number of carbonyl (C=O) groups is 1.